The van der Waals surface area contributed by atoms with Gasteiger partial charge in [-0.3, -0.25) is 4.79 Å². The third kappa shape index (κ3) is 3.32. The Morgan fingerprint density at radius 3 is 2.92 bits per heavy atom. The molecule has 0 bridgehead atoms. The van der Waals surface area contributed by atoms with Crippen LogP contribution in [0.25, 0.3) is 0 Å². The Labute approximate surface area is 78.6 Å². The SMILES string of the molecule is COC(=O)CC1CNCC(C)(C)O1. The van der Waals surface area contributed by atoms with E-state index in [1.54, 1.807) is 0 Å². The number of hydrogen-bond donors (Lipinski definition) is 1. The number of nitrogens with one attached hydrogen (secondary N) is 1. The zero-order valence-corrected chi connectivity index (χ0v) is 8.42. The maximum absolute atomic E-state index is 11.0. The highest BCUT2D eigenvalue weighted by atomic mass is 16.5. The van der Waals surface area contributed by atoms with Gasteiger partial charge >= 0.3 is 5.97 Å². The molecule has 1 atom stereocenters. The van der Waals surface area contributed by atoms with Crippen LogP contribution in [0.15, 0.2) is 0 Å². The molecule has 0 amide bonds. The highest BCUT2D eigenvalue weighted by molar-refractivity contribution is 5.69. The van der Waals surface area contributed by atoms with E-state index in [1.807, 2.05) is 13.8 Å². The number of carbonyl (C=O) groups excluding carboxylic acids is 1. The molecule has 0 aromatic carbocycles. The zero-order chi connectivity index (χ0) is 9.90. The largest absolute Gasteiger partial charge is 0.469 e. The van der Waals surface area contributed by atoms with Crippen LogP contribution in [0.4, 0.5) is 0 Å². The van der Waals surface area contributed by atoms with Crippen LogP contribution >= 0.6 is 0 Å². The summed E-state index contributed by atoms with van der Waals surface area (Å²) < 4.78 is 10.3. The molecule has 76 valence electrons. The second-order valence-electron chi connectivity index (χ2n) is 3.91. The van der Waals surface area contributed by atoms with Crippen LogP contribution < -0.4 is 5.32 Å². The molecule has 1 rings (SSSR count). The van der Waals surface area contributed by atoms with Crippen LogP contribution in [0.3, 0.4) is 0 Å². The molecule has 1 aliphatic rings. The molecule has 1 unspecified atom stereocenters. The van der Waals surface area contributed by atoms with E-state index in [0.717, 1.165) is 13.1 Å². The molecular weight excluding hydrogens is 170 g/mol. The van der Waals surface area contributed by atoms with Gasteiger partial charge in [0.1, 0.15) is 0 Å². The lowest BCUT2D eigenvalue weighted by molar-refractivity contribution is -0.150. The van der Waals surface area contributed by atoms with Gasteiger partial charge in [-0.25, -0.2) is 0 Å². The lowest BCUT2D eigenvalue weighted by atomic mass is 10.1. The molecule has 1 aliphatic heterocycles. The Bertz CT molecular complexity index is 191. The lowest BCUT2D eigenvalue weighted by Gasteiger charge is -2.36. The maximum Gasteiger partial charge on any atom is 0.308 e. The molecule has 4 heteroatoms. The normalized spacial score (nSPS) is 26.8. The smallest absolute Gasteiger partial charge is 0.308 e. The average molecular weight is 187 g/mol. The van der Waals surface area contributed by atoms with E-state index in [2.05, 4.69) is 10.1 Å². The van der Waals surface area contributed by atoms with Gasteiger partial charge in [0.25, 0.3) is 0 Å². The Morgan fingerprint density at radius 1 is 1.69 bits per heavy atom. The fourth-order valence-electron chi connectivity index (χ4n) is 1.45. The van der Waals surface area contributed by atoms with E-state index in [-0.39, 0.29) is 17.7 Å². The highest BCUT2D eigenvalue weighted by Crippen LogP contribution is 2.17. The Hall–Kier alpha value is -0.610. The number of morpholine rings is 1. The van der Waals surface area contributed by atoms with Crippen LogP contribution in [0, 0.1) is 0 Å². The number of ether oxygens (including phenoxy) is 2. The molecule has 1 fully saturated rings. The van der Waals surface area contributed by atoms with Crippen molar-refractivity contribution in [2.24, 2.45) is 0 Å². The van der Waals surface area contributed by atoms with Crippen molar-refractivity contribution in [1.82, 2.24) is 5.32 Å². The third-order valence-electron chi connectivity index (χ3n) is 2.03. The summed E-state index contributed by atoms with van der Waals surface area (Å²) >= 11 is 0. The van der Waals surface area contributed by atoms with Crippen LogP contribution in [0.1, 0.15) is 20.3 Å². The van der Waals surface area contributed by atoms with Crippen molar-refractivity contribution in [3.8, 4) is 0 Å². The van der Waals surface area contributed by atoms with Crippen molar-refractivity contribution in [1.29, 1.82) is 0 Å². The van der Waals surface area contributed by atoms with Gasteiger partial charge in [0, 0.05) is 13.1 Å². The van der Waals surface area contributed by atoms with E-state index in [0.29, 0.717) is 6.42 Å². The van der Waals surface area contributed by atoms with Gasteiger partial charge < -0.3 is 14.8 Å². The van der Waals surface area contributed by atoms with Gasteiger partial charge in [0.2, 0.25) is 0 Å². The summed E-state index contributed by atoms with van der Waals surface area (Å²) in [6.45, 7) is 5.55. The molecule has 1 saturated heterocycles. The van der Waals surface area contributed by atoms with E-state index in [4.69, 9.17) is 4.74 Å². The van der Waals surface area contributed by atoms with Crippen LogP contribution in [0.5, 0.6) is 0 Å². The Balaban J connectivity index is 2.39. The summed E-state index contributed by atoms with van der Waals surface area (Å²) in [6.07, 6.45) is 0.267. The first-order valence-electron chi connectivity index (χ1n) is 4.49. The van der Waals surface area contributed by atoms with Gasteiger partial charge in [-0.15, -0.1) is 0 Å². The Kier molecular flexibility index (Phi) is 3.27. The number of carbonyl (C=O) groups is 1. The summed E-state index contributed by atoms with van der Waals surface area (Å²) in [4.78, 5) is 11.0. The first-order valence-corrected chi connectivity index (χ1v) is 4.49. The molecule has 1 heterocycles. The van der Waals surface area contributed by atoms with Gasteiger partial charge in [-0.2, -0.15) is 0 Å². The first-order chi connectivity index (χ1) is 6.03. The topological polar surface area (TPSA) is 47.6 Å². The summed E-state index contributed by atoms with van der Waals surface area (Å²) in [5.74, 6) is -0.218. The second-order valence-corrected chi connectivity index (χ2v) is 3.91. The van der Waals surface area contributed by atoms with Crippen LogP contribution in [0.2, 0.25) is 0 Å². The first kappa shape index (κ1) is 10.5. The van der Waals surface area contributed by atoms with Crippen molar-refractivity contribution in [3.05, 3.63) is 0 Å². The van der Waals surface area contributed by atoms with Crippen molar-refractivity contribution >= 4 is 5.97 Å². The van der Waals surface area contributed by atoms with Crippen molar-refractivity contribution < 1.29 is 14.3 Å². The minimum atomic E-state index is -0.218. The minimum Gasteiger partial charge on any atom is -0.469 e. The van der Waals surface area contributed by atoms with Crippen molar-refractivity contribution in [2.45, 2.75) is 32.0 Å². The molecule has 1 N–H and O–H groups in total. The fraction of sp³-hybridized carbons (Fsp3) is 0.889. The molecule has 0 saturated carbocycles. The molecule has 13 heavy (non-hydrogen) atoms. The maximum atomic E-state index is 11.0. The second kappa shape index (κ2) is 4.07. The summed E-state index contributed by atoms with van der Waals surface area (Å²) in [6, 6.07) is 0. The molecule has 4 nitrogen and oxygen atoms in total. The highest BCUT2D eigenvalue weighted by Gasteiger charge is 2.29. The van der Waals surface area contributed by atoms with E-state index < -0.39 is 0 Å². The van der Waals surface area contributed by atoms with Gasteiger partial charge in [-0.1, -0.05) is 0 Å². The van der Waals surface area contributed by atoms with Gasteiger partial charge in [-0.05, 0) is 13.8 Å². The molecule has 0 aromatic heterocycles. The van der Waals surface area contributed by atoms with Crippen LogP contribution in [-0.4, -0.2) is 37.9 Å². The zero-order valence-electron chi connectivity index (χ0n) is 8.42. The molecule has 0 aromatic rings. The molecule has 0 aliphatic carbocycles. The van der Waals surface area contributed by atoms with Gasteiger partial charge in [0.15, 0.2) is 0 Å². The third-order valence-corrected chi connectivity index (χ3v) is 2.03. The summed E-state index contributed by atoms with van der Waals surface area (Å²) in [7, 11) is 1.39. The van der Waals surface area contributed by atoms with Gasteiger partial charge in [0.05, 0.1) is 25.2 Å². The minimum absolute atomic E-state index is 0.0591. The summed E-state index contributed by atoms with van der Waals surface area (Å²) in [5, 5.41) is 3.22. The fourth-order valence-corrected chi connectivity index (χ4v) is 1.45. The van der Waals surface area contributed by atoms with Crippen LogP contribution in [-0.2, 0) is 14.3 Å². The predicted octanol–water partition coefficient (Wildman–Crippen LogP) is 0.316. The molecular formula is C9H17NO3. The monoisotopic (exact) mass is 187 g/mol. The molecule has 0 spiro atoms. The van der Waals surface area contributed by atoms with E-state index in [1.165, 1.54) is 7.11 Å². The lowest BCUT2D eigenvalue weighted by Crippen LogP contribution is -2.51. The van der Waals surface area contributed by atoms with E-state index in [9.17, 15) is 4.79 Å². The van der Waals surface area contributed by atoms with E-state index >= 15 is 0 Å². The molecule has 0 radical (unpaired) electrons. The standard InChI is InChI=1S/C9H17NO3/c1-9(2)6-10-5-7(13-9)4-8(11)12-3/h7,10H,4-6H2,1-3H3. The number of esters is 1. The van der Waals surface area contributed by atoms with Crippen molar-refractivity contribution in [2.75, 3.05) is 20.2 Å². The number of hydrogen-bond acceptors (Lipinski definition) is 4. The quantitative estimate of drug-likeness (QED) is 0.632. The van der Waals surface area contributed by atoms with Crippen molar-refractivity contribution in [3.63, 3.8) is 0 Å². The predicted molar refractivity (Wildman–Crippen MR) is 48.5 cm³/mol. The number of methoxy groups -OCH3 is 1. The Morgan fingerprint density at radius 2 is 2.38 bits per heavy atom. The average Bonchev–Trinajstić information content (AvgIpc) is 2.02. The number of rotatable bonds is 2. The summed E-state index contributed by atoms with van der Waals surface area (Å²) in [5.41, 5.74) is -0.184.